The molecule has 1 fully saturated rings. The molecule has 1 aromatic rings. The number of hydrogen-bond donors (Lipinski definition) is 1. The summed E-state index contributed by atoms with van der Waals surface area (Å²) in [6, 6.07) is 1.96. The number of hydrogen-bond acceptors (Lipinski definition) is 5. The maximum Gasteiger partial charge on any atom is 0.134 e. The predicted molar refractivity (Wildman–Crippen MR) is 70.9 cm³/mol. The zero-order chi connectivity index (χ0) is 12.1. The van der Waals surface area contributed by atoms with E-state index >= 15 is 0 Å². The molecule has 1 aromatic heterocycles. The first kappa shape index (κ1) is 12.3. The molecule has 0 bridgehead atoms. The first-order valence-corrected chi connectivity index (χ1v) is 7.44. The van der Waals surface area contributed by atoms with Crippen LogP contribution in [-0.2, 0) is 10.8 Å². The first-order valence-electron chi connectivity index (χ1n) is 5.95. The summed E-state index contributed by atoms with van der Waals surface area (Å²) in [6.07, 6.45) is 2.65. The van der Waals surface area contributed by atoms with Gasteiger partial charge in [-0.1, -0.05) is 6.92 Å². The lowest BCUT2D eigenvalue weighted by Crippen LogP contribution is -2.38. The van der Waals surface area contributed by atoms with E-state index < -0.39 is 10.8 Å². The largest absolute Gasteiger partial charge is 0.370 e. The van der Waals surface area contributed by atoms with E-state index in [1.807, 2.05) is 6.07 Å². The van der Waals surface area contributed by atoms with Crippen LogP contribution < -0.4 is 10.2 Å². The first-order chi connectivity index (χ1) is 8.29. The molecule has 94 valence electrons. The van der Waals surface area contributed by atoms with Crippen molar-refractivity contribution in [2.45, 2.75) is 13.3 Å². The van der Waals surface area contributed by atoms with Crippen LogP contribution in [0, 0.1) is 0 Å². The molecule has 5 nitrogen and oxygen atoms in total. The zero-order valence-corrected chi connectivity index (χ0v) is 10.9. The third kappa shape index (κ3) is 3.39. The van der Waals surface area contributed by atoms with Crippen molar-refractivity contribution in [3.63, 3.8) is 0 Å². The maximum atomic E-state index is 11.3. The summed E-state index contributed by atoms with van der Waals surface area (Å²) >= 11 is 0. The van der Waals surface area contributed by atoms with Crippen molar-refractivity contribution in [2.75, 3.05) is 41.4 Å². The van der Waals surface area contributed by atoms with Crippen molar-refractivity contribution in [3.05, 3.63) is 12.4 Å². The van der Waals surface area contributed by atoms with Crippen molar-refractivity contribution in [3.8, 4) is 0 Å². The van der Waals surface area contributed by atoms with Gasteiger partial charge in [0.15, 0.2) is 0 Å². The van der Waals surface area contributed by atoms with E-state index in [-0.39, 0.29) is 0 Å². The maximum absolute atomic E-state index is 11.3. The Morgan fingerprint density at radius 2 is 2.18 bits per heavy atom. The van der Waals surface area contributed by atoms with E-state index in [2.05, 4.69) is 27.1 Å². The van der Waals surface area contributed by atoms with Crippen LogP contribution in [0.25, 0.3) is 0 Å². The lowest BCUT2D eigenvalue weighted by molar-refractivity contribution is 0.672. The van der Waals surface area contributed by atoms with Gasteiger partial charge in [0.2, 0.25) is 0 Å². The van der Waals surface area contributed by atoms with E-state index in [1.165, 1.54) is 0 Å². The molecule has 0 saturated carbocycles. The van der Waals surface area contributed by atoms with Gasteiger partial charge < -0.3 is 10.2 Å². The average molecular weight is 254 g/mol. The normalized spacial score (nSPS) is 17.1. The molecule has 6 heteroatoms. The minimum Gasteiger partial charge on any atom is -0.370 e. The third-order valence-electron chi connectivity index (χ3n) is 2.71. The van der Waals surface area contributed by atoms with Gasteiger partial charge in [0, 0.05) is 48.0 Å². The fraction of sp³-hybridized carbons (Fsp3) is 0.636. The van der Waals surface area contributed by atoms with Crippen LogP contribution in [-0.4, -0.2) is 45.3 Å². The van der Waals surface area contributed by atoms with Crippen LogP contribution in [0.3, 0.4) is 0 Å². The summed E-state index contributed by atoms with van der Waals surface area (Å²) in [6.45, 7) is 4.67. The molecule has 0 unspecified atom stereocenters. The summed E-state index contributed by atoms with van der Waals surface area (Å²) in [5.74, 6) is 3.27. The Hall–Kier alpha value is -1.17. The lowest BCUT2D eigenvalue weighted by atomic mass is 10.4. The van der Waals surface area contributed by atoms with Crippen LogP contribution in [0.2, 0.25) is 0 Å². The highest BCUT2D eigenvalue weighted by Crippen LogP contribution is 2.15. The number of nitrogens with one attached hydrogen (secondary N) is 1. The van der Waals surface area contributed by atoms with Gasteiger partial charge in [0.05, 0.1) is 0 Å². The number of rotatable bonds is 4. The summed E-state index contributed by atoms with van der Waals surface area (Å²) in [5.41, 5.74) is 0. The van der Waals surface area contributed by atoms with E-state index in [4.69, 9.17) is 0 Å². The fourth-order valence-corrected chi connectivity index (χ4v) is 2.79. The number of nitrogens with zero attached hydrogens (tertiary/aromatic N) is 3. The van der Waals surface area contributed by atoms with Crippen LogP contribution in [0.4, 0.5) is 11.6 Å². The van der Waals surface area contributed by atoms with Gasteiger partial charge in [-0.2, -0.15) is 0 Å². The monoisotopic (exact) mass is 254 g/mol. The van der Waals surface area contributed by atoms with Gasteiger partial charge in [-0.15, -0.1) is 0 Å². The quantitative estimate of drug-likeness (QED) is 0.864. The Morgan fingerprint density at radius 1 is 1.41 bits per heavy atom. The summed E-state index contributed by atoms with van der Waals surface area (Å²) in [7, 11) is -0.646. The van der Waals surface area contributed by atoms with Gasteiger partial charge in [-0.3, -0.25) is 4.21 Å². The Labute approximate surface area is 104 Å². The molecule has 2 rings (SSSR count). The second kappa shape index (κ2) is 5.95. The summed E-state index contributed by atoms with van der Waals surface area (Å²) in [4.78, 5) is 10.6. The smallest absolute Gasteiger partial charge is 0.134 e. The van der Waals surface area contributed by atoms with E-state index in [0.29, 0.717) is 0 Å². The molecule has 0 amide bonds. The molecule has 0 radical (unpaired) electrons. The van der Waals surface area contributed by atoms with Crippen LogP contribution in [0.1, 0.15) is 13.3 Å². The SMILES string of the molecule is CCCNc1cc(N2CCS(=O)CC2)ncn1. The fourth-order valence-electron chi connectivity index (χ4n) is 1.74. The predicted octanol–water partition coefficient (Wildman–Crippen LogP) is 0.867. The Balaban J connectivity index is 2.02. The minimum atomic E-state index is -0.646. The van der Waals surface area contributed by atoms with Gasteiger partial charge in [-0.25, -0.2) is 9.97 Å². The molecule has 1 aliphatic heterocycles. The molecule has 1 aliphatic rings. The molecule has 0 spiro atoms. The second-order valence-corrected chi connectivity index (χ2v) is 5.72. The Kier molecular flexibility index (Phi) is 4.30. The average Bonchev–Trinajstić information content (AvgIpc) is 2.37. The van der Waals surface area contributed by atoms with E-state index in [1.54, 1.807) is 6.33 Å². The molecular formula is C11H18N4OS. The summed E-state index contributed by atoms with van der Waals surface area (Å²) in [5, 5.41) is 3.24. The minimum absolute atomic E-state index is 0.646. The Morgan fingerprint density at radius 3 is 2.88 bits per heavy atom. The molecule has 1 N–H and O–H groups in total. The summed E-state index contributed by atoms with van der Waals surface area (Å²) < 4.78 is 11.3. The highest BCUT2D eigenvalue weighted by molar-refractivity contribution is 7.85. The van der Waals surface area contributed by atoms with Gasteiger partial charge >= 0.3 is 0 Å². The van der Waals surface area contributed by atoms with E-state index in [0.717, 1.165) is 49.2 Å². The molecule has 2 heterocycles. The molecule has 1 saturated heterocycles. The van der Waals surface area contributed by atoms with Crippen LogP contribution in [0.15, 0.2) is 12.4 Å². The van der Waals surface area contributed by atoms with Crippen molar-refractivity contribution in [2.24, 2.45) is 0 Å². The van der Waals surface area contributed by atoms with Crippen molar-refractivity contribution in [1.29, 1.82) is 0 Å². The lowest BCUT2D eigenvalue weighted by Gasteiger charge is -2.27. The van der Waals surface area contributed by atoms with Crippen LogP contribution >= 0.6 is 0 Å². The molecule has 0 aliphatic carbocycles. The van der Waals surface area contributed by atoms with Crippen molar-refractivity contribution >= 4 is 22.4 Å². The molecule has 0 aromatic carbocycles. The molecular weight excluding hydrogens is 236 g/mol. The standard InChI is InChI=1S/C11H18N4OS/c1-2-3-12-10-8-11(14-9-13-10)15-4-6-17(16)7-5-15/h8-9H,2-7H2,1H3,(H,12,13,14). The Bertz CT molecular complexity index is 389. The molecule has 17 heavy (non-hydrogen) atoms. The van der Waals surface area contributed by atoms with Gasteiger partial charge in [0.25, 0.3) is 0 Å². The number of anilines is 2. The third-order valence-corrected chi connectivity index (χ3v) is 3.99. The highest BCUT2D eigenvalue weighted by atomic mass is 32.2. The van der Waals surface area contributed by atoms with Gasteiger partial charge in [0.1, 0.15) is 18.0 Å². The molecule has 0 atom stereocenters. The zero-order valence-electron chi connectivity index (χ0n) is 10.1. The van der Waals surface area contributed by atoms with Gasteiger partial charge in [-0.05, 0) is 6.42 Å². The van der Waals surface area contributed by atoms with Crippen molar-refractivity contribution < 1.29 is 4.21 Å². The number of aromatic nitrogens is 2. The van der Waals surface area contributed by atoms with E-state index in [9.17, 15) is 4.21 Å². The van der Waals surface area contributed by atoms with Crippen LogP contribution in [0.5, 0.6) is 0 Å². The second-order valence-electron chi connectivity index (χ2n) is 4.02. The highest BCUT2D eigenvalue weighted by Gasteiger charge is 2.16. The van der Waals surface area contributed by atoms with Crippen molar-refractivity contribution in [1.82, 2.24) is 9.97 Å². The topological polar surface area (TPSA) is 58.1 Å².